The fraction of sp³-hybridized carbons (Fsp3) is 0.714. The van der Waals surface area contributed by atoms with Gasteiger partial charge in [0.2, 0.25) is 0 Å². The van der Waals surface area contributed by atoms with Gasteiger partial charge in [0, 0.05) is 0 Å². The summed E-state index contributed by atoms with van der Waals surface area (Å²) < 4.78 is 35.3. The van der Waals surface area contributed by atoms with Crippen LogP contribution in [0.3, 0.4) is 0 Å². The van der Waals surface area contributed by atoms with Crippen molar-refractivity contribution in [2.45, 2.75) is 12.8 Å². The summed E-state index contributed by atoms with van der Waals surface area (Å²) in [5.74, 6) is 0.533. The van der Waals surface area contributed by atoms with Gasteiger partial charge in [-0.15, -0.1) is 12.1 Å². The number of halogens is 3. The van der Waals surface area contributed by atoms with Gasteiger partial charge in [-0.1, -0.05) is 0 Å². The molecule has 0 unspecified atom stereocenters. The second kappa shape index (κ2) is 6.63. The third kappa shape index (κ3) is 7.16. The van der Waals surface area contributed by atoms with Crippen molar-refractivity contribution in [3.63, 3.8) is 0 Å². The first-order valence-electron chi connectivity index (χ1n) is 4.18. The van der Waals surface area contributed by atoms with Crippen LogP contribution in [-0.4, -0.2) is 20.1 Å². The van der Waals surface area contributed by atoms with Crippen LogP contribution in [0, 0.1) is 5.92 Å². The second-order valence-electron chi connectivity index (χ2n) is 3.10. The van der Waals surface area contributed by atoms with Crippen LogP contribution in [0.5, 0.6) is 0 Å². The Kier molecular flexibility index (Phi) is 7.24. The van der Waals surface area contributed by atoms with Gasteiger partial charge in [-0.2, -0.15) is 0 Å². The molecule has 0 aliphatic carbocycles. The van der Waals surface area contributed by atoms with Crippen molar-refractivity contribution < 1.29 is 64.3 Å². The molecule has 0 atom stereocenters. The standard InChI is InChI=1S/C7H12BF3N.K/c9-8(10,11)4-1-7-2-5-12-6-3-7;/h1,4,7,12H,2-3,5-6H2;/q-1;+1/b4-1+;. The van der Waals surface area contributed by atoms with Crippen molar-refractivity contribution in [3.8, 4) is 0 Å². The molecule has 0 amide bonds. The van der Waals surface area contributed by atoms with Crippen LogP contribution in [0.4, 0.5) is 12.9 Å². The van der Waals surface area contributed by atoms with Gasteiger partial charge < -0.3 is 18.3 Å². The number of piperidine rings is 1. The fourth-order valence-corrected chi connectivity index (χ4v) is 1.32. The molecule has 1 fully saturated rings. The largest absolute Gasteiger partial charge is 1.00 e. The molecular formula is C7H12BF3KN. The Labute approximate surface area is 119 Å². The molecule has 1 N–H and O–H groups in total. The Bertz CT molecular complexity index is 166. The maximum Gasteiger partial charge on any atom is 1.00 e. The van der Waals surface area contributed by atoms with Gasteiger partial charge in [0.1, 0.15) is 0 Å². The molecular weight excluding hydrogens is 205 g/mol. The van der Waals surface area contributed by atoms with E-state index in [-0.39, 0.29) is 57.3 Å². The van der Waals surface area contributed by atoms with E-state index in [9.17, 15) is 12.9 Å². The Morgan fingerprint density at radius 1 is 1.15 bits per heavy atom. The molecule has 1 rings (SSSR count). The Morgan fingerprint density at radius 2 is 1.69 bits per heavy atom. The monoisotopic (exact) mass is 217 g/mol. The SMILES string of the molecule is F[B-](F)(F)/C=C/C1CCNCC1.[K+]. The summed E-state index contributed by atoms with van der Waals surface area (Å²) in [4.78, 5) is 0. The molecule has 6 heteroatoms. The minimum absolute atomic E-state index is 0. The minimum Gasteiger partial charge on any atom is -0.445 e. The summed E-state index contributed by atoms with van der Waals surface area (Å²) in [6, 6.07) is 0. The second-order valence-corrected chi connectivity index (χ2v) is 3.10. The van der Waals surface area contributed by atoms with E-state index in [0.717, 1.165) is 25.9 Å². The average molecular weight is 217 g/mol. The van der Waals surface area contributed by atoms with Crippen molar-refractivity contribution in [3.05, 3.63) is 12.1 Å². The molecule has 1 saturated heterocycles. The summed E-state index contributed by atoms with van der Waals surface area (Å²) in [5.41, 5.74) is 0. The molecule has 0 aromatic carbocycles. The fourth-order valence-electron chi connectivity index (χ4n) is 1.32. The van der Waals surface area contributed by atoms with Crippen molar-refractivity contribution in [2.24, 2.45) is 5.92 Å². The van der Waals surface area contributed by atoms with E-state index in [0.29, 0.717) is 5.98 Å². The number of hydrogen-bond donors (Lipinski definition) is 1. The van der Waals surface area contributed by atoms with E-state index in [1.54, 1.807) is 0 Å². The average Bonchev–Trinajstić information content (AvgIpc) is 2.02. The molecule has 0 radical (unpaired) electrons. The molecule has 0 saturated carbocycles. The molecule has 1 aliphatic rings. The molecule has 70 valence electrons. The zero-order valence-electron chi connectivity index (χ0n) is 7.77. The predicted octanol–water partition coefficient (Wildman–Crippen LogP) is -1.07. The summed E-state index contributed by atoms with van der Waals surface area (Å²) >= 11 is 0. The van der Waals surface area contributed by atoms with Crippen LogP contribution in [-0.2, 0) is 0 Å². The van der Waals surface area contributed by atoms with Gasteiger partial charge in [0.05, 0.1) is 0 Å². The Balaban J connectivity index is 0.00000144. The van der Waals surface area contributed by atoms with E-state index in [2.05, 4.69) is 5.32 Å². The first-order chi connectivity index (χ1) is 5.58. The molecule has 0 aromatic heterocycles. The van der Waals surface area contributed by atoms with Crippen molar-refractivity contribution in [2.75, 3.05) is 13.1 Å². The molecule has 0 aromatic rings. The number of nitrogens with one attached hydrogen (secondary N) is 1. The molecule has 13 heavy (non-hydrogen) atoms. The maximum atomic E-state index is 11.8. The summed E-state index contributed by atoms with van der Waals surface area (Å²) in [5, 5.41) is 3.10. The summed E-state index contributed by atoms with van der Waals surface area (Å²) in [6.07, 6.45) is 2.95. The quantitative estimate of drug-likeness (QED) is 0.581. The predicted molar refractivity (Wildman–Crippen MR) is 43.8 cm³/mol. The molecule has 1 aliphatic heterocycles. The smallest absolute Gasteiger partial charge is 0.445 e. The third-order valence-electron chi connectivity index (χ3n) is 1.99. The van der Waals surface area contributed by atoms with Crippen molar-refractivity contribution in [1.82, 2.24) is 5.32 Å². The first kappa shape index (κ1) is 14.2. The van der Waals surface area contributed by atoms with Crippen LogP contribution in [0.15, 0.2) is 12.1 Å². The zero-order valence-corrected chi connectivity index (χ0v) is 10.9. The normalized spacial score (nSPS) is 20.2. The molecule has 0 bridgehead atoms. The van der Waals surface area contributed by atoms with Crippen molar-refractivity contribution >= 4 is 6.98 Å². The zero-order chi connectivity index (χ0) is 9.03. The topological polar surface area (TPSA) is 12.0 Å². The van der Waals surface area contributed by atoms with Gasteiger partial charge in [0.25, 0.3) is 0 Å². The Morgan fingerprint density at radius 3 is 2.15 bits per heavy atom. The van der Waals surface area contributed by atoms with Gasteiger partial charge in [-0.3, -0.25) is 0 Å². The molecule has 1 heterocycles. The van der Waals surface area contributed by atoms with Gasteiger partial charge >= 0.3 is 58.4 Å². The van der Waals surface area contributed by atoms with Crippen LogP contribution in [0.25, 0.3) is 0 Å². The van der Waals surface area contributed by atoms with Gasteiger partial charge in [-0.05, 0) is 31.8 Å². The number of allylic oxidation sites excluding steroid dienone is 1. The number of hydrogen-bond acceptors (Lipinski definition) is 1. The summed E-state index contributed by atoms with van der Waals surface area (Å²) in [6.45, 7) is -3.06. The maximum absolute atomic E-state index is 11.8. The molecule has 1 nitrogen and oxygen atoms in total. The van der Waals surface area contributed by atoms with Crippen molar-refractivity contribution in [1.29, 1.82) is 0 Å². The van der Waals surface area contributed by atoms with Crippen LogP contribution in [0.2, 0.25) is 0 Å². The van der Waals surface area contributed by atoms with E-state index < -0.39 is 6.98 Å². The summed E-state index contributed by atoms with van der Waals surface area (Å²) in [7, 11) is 0. The van der Waals surface area contributed by atoms with E-state index >= 15 is 0 Å². The third-order valence-corrected chi connectivity index (χ3v) is 1.99. The molecule has 0 spiro atoms. The van der Waals surface area contributed by atoms with E-state index in [1.165, 1.54) is 6.08 Å². The minimum atomic E-state index is -4.73. The Hall–Kier alpha value is 1.19. The van der Waals surface area contributed by atoms with E-state index in [4.69, 9.17) is 0 Å². The van der Waals surface area contributed by atoms with E-state index in [1.807, 2.05) is 0 Å². The van der Waals surface area contributed by atoms with Gasteiger partial charge in [0.15, 0.2) is 0 Å². The number of rotatable bonds is 2. The van der Waals surface area contributed by atoms with Crippen LogP contribution < -0.4 is 56.7 Å². The van der Waals surface area contributed by atoms with Crippen LogP contribution in [0.1, 0.15) is 12.8 Å². The first-order valence-corrected chi connectivity index (χ1v) is 4.18. The van der Waals surface area contributed by atoms with Gasteiger partial charge in [-0.25, -0.2) is 0 Å². The van der Waals surface area contributed by atoms with Crippen LogP contribution >= 0.6 is 0 Å².